The van der Waals surface area contributed by atoms with E-state index in [1.165, 1.54) is 35.5 Å². The molecule has 0 atom stereocenters. The van der Waals surface area contributed by atoms with Gasteiger partial charge >= 0.3 is 0 Å². The van der Waals surface area contributed by atoms with Gasteiger partial charge in [0.05, 0.1) is 11.3 Å². The number of benzene rings is 2. The van der Waals surface area contributed by atoms with Crippen LogP contribution in [0.15, 0.2) is 53.7 Å². The number of amides is 2. The first-order valence-corrected chi connectivity index (χ1v) is 10.9. The van der Waals surface area contributed by atoms with E-state index < -0.39 is 11.7 Å². The molecule has 2 aromatic carbocycles. The first-order chi connectivity index (χ1) is 15.0. The summed E-state index contributed by atoms with van der Waals surface area (Å²) < 4.78 is 15.4. The first-order valence-electron chi connectivity index (χ1n) is 9.90. The maximum Gasteiger partial charge on any atom is 0.254 e. The van der Waals surface area contributed by atoms with Crippen LogP contribution in [0.2, 0.25) is 0 Å². The van der Waals surface area contributed by atoms with Crippen LogP contribution >= 0.6 is 11.8 Å². The van der Waals surface area contributed by atoms with Crippen molar-refractivity contribution < 1.29 is 14.0 Å². The molecule has 2 N–H and O–H groups in total. The van der Waals surface area contributed by atoms with E-state index >= 15 is 0 Å². The number of halogens is 1. The smallest absolute Gasteiger partial charge is 0.254 e. The van der Waals surface area contributed by atoms with E-state index in [1.54, 1.807) is 17.7 Å². The molecule has 3 rings (SSSR count). The summed E-state index contributed by atoms with van der Waals surface area (Å²) in [5.74, 6) is -0.302. The van der Waals surface area contributed by atoms with Gasteiger partial charge in [-0.3, -0.25) is 9.59 Å². The number of nitrogens with one attached hydrogen (secondary N) is 2. The Morgan fingerprint density at radius 2 is 1.84 bits per heavy atom. The van der Waals surface area contributed by atoms with Gasteiger partial charge in [0, 0.05) is 25.7 Å². The van der Waals surface area contributed by atoms with Gasteiger partial charge in [-0.25, -0.2) is 4.39 Å². The largest absolute Gasteiger partial charge is 0.351 e. The highest BCUT2D eigenvalue weighted by atomic mass is 32.2. The molecule has 0 radical (unpaired) electrons. The van der Waals surface area contributed by atoms with E-state index in [0.717, 1.165) is 12.1 Å². The molecule has 1 aromatic heterocycles. The number of rotatable bonds is 9. The van der Waals surface area contributed by atoms with Crippen LogP contribution < -0.4 is 10.6 Å². The Bertz CT molecular complexity index is 1050. The molecule has 0 aliphatic rings. The van der Waals surface area contributed by atoms with Crippen LogP contribution in [-0.4, -0.2) is 38.9 Å². The normalized spacial score (nSPS) is 10.7. The van der Waals surface area contributed by atoms with Crippen molar-refractivity contribution in [2.24, 2.45) is 7.05 Å². The van der Waals surface area contributed by atoms with Gasteiger partial charge in [-0.1, -0.05) is 43.0 Å². The number of anilines is 1. The van der Waals surface area contributed by atoms with E-state index in [9.17, 15) is 14.0 Å². The Morgan fingerprint density at radius 3 is 2.55 bits per heavy atom. The fraction of sp³-hybridized carbons (Fsp3) is 0.273. The Kier molecular flexibility index (Phi) is 7.77. The lowest BCUT2D eigenvalue weighted by Gasteiger charge is -2.07. The second-order valence-corrected chi connectivity index (χ2v) is 7.77. The van der Waals surface area contributed by atoms with Crippen LogP contribution in [0.3, 0.4) is 0 Å². The summed E-state index contributed by atoms with van der Waals surface area (Å²) in [7, 11) is 1.80. The van der Waals surface area contributed by atoms with E-state index in [4.69, 9.17) is 0 Å². The van der Waals surface area contributed by atoms with E-state index in [1.807, 2.05) is 24.3 Å². The summed E-state index contributed by atoms with van der Waals surface area (Å²) in [5, 5.41) is 14.4. The van der Waals surface area contributed by atoms with Gasteiger partial charge in [-0.05, 0) is 36.2 Å². The average Bonchev–Trinajstić information content (AvgIpc) is 3.12. The van der Waals surface area contributed by atoms with Gasteiger partial charge in [-0.2, -0.15) is 0 Å². The van der Waals surface area contributed by atoms with Crippen LogP contribution in [0.5, 0.6) is 0 Å². The quantitative estimate of drug-likeness (QED) is 0.498. The summed E-state index contributed by atoms with van der Waals surface area (Å²) in [6.45, 7) is 2.37. The molecule has 0 saturated carbocycles. The zero-order chi connectivity index (χ0) is 22.2. The lowest BCUT2D eigenvalue weighted by atomic mass is 10.1. The predicted molar refractivity (Wildman–Crippen MR) is 119 cm³/mol. The number of carbonyl (C=O) groups is 2. The molecule has 0 fully saturated rings. The lowest BCUT2D eigenvalue weighted by molar-refractivity contribution is -0.113. The molecule has 0 aliphatic heterocycles. The molecule has 0 aliphatic carbocycles. The molecule has 1 heterocycles. The Morgan fingerprint density at radius 1 is 1.10 bits per heavy atom. The average molecular weight is 442 g/mol. The number of hydrogen-bond donors (Lipinski definition) is 2. The third-order valence-corrected chi connectivity index (χ3v) is 5.68. The molecule has 9 heteroatoms. The molecule has 31 heavy (non-hydrogen) atoms. The van der Waals surface area contributed by atoms with Gasteiger partial charge in [0.2, 0.25) is 5.91 Å². The van der Waals surface area contributed by atoms with E-state index in [2.05, 4.69) is 27.8 Å². The number of hydrogen-bond acceptors (Lipinski definition) is 5. The van der Waals surface area contributed by atoms with Crippen LogP contribution in [0.25, 0.3) is 0 Å². The maximum absolute atomic E-state index is 13.7. The Labute approximate surface area is 184 Å². The number of thioether (sulfide) groups is 1. The van der Waals surface area contributed by atoms with Gasteiger partial charge < -0.3 is 15.2 Å². The van der Waals surface area contributed by atoms with Gasteiger partial charge in [0.15, 0.2) is 5.16 Å². The highest BCUT2D eigenvalue weighted by molar-refractivity contribution is 7.99. The van der Waals surface area contributed by atoms with Crippen LogP contribution in [0, 0.1) is 5.82 Å². The molecule has 0 spiro atoms. The second kappa shape index (κ2) is 10.7. The zero-order valence-corrected chi connectivity index (χ0v) is 18.2. The number of aromatic nitrogens is 3. The molecule has 0 saturated heterocycles. The van der Waals surface area contributed by atoms with Crippen LogP contribution in [0.4, 0.5) is 10.1 Å². The highest BCUT2D eigenvalue weighted by Crippen LogP contribution is 2.17. The molecular weight excluding hydrogens is 417 g/mol. The lowest BCUT2D eigenvalue weighted by Crippen LogP contribution is -2.27. The minimum Gasteiger partial charge on any atom is -0.351 e. The number of aryl methyl sites for hydroxylation is 1. The SMILES string of the molecule is CCc1ccc(NC(=O)CSc2nnc(CCNC(=O)c3ccccc3F)n2C)cc1. The summed E-state index contributed by atoms with van der Waals surface area (Å²) in [5.41, 5.74) is 1.98. The fourth-order valence-electron chi connectivity index (χ4n) is 2.87. The minimum absolute atomic E-state index is 0.00653. The molecule has 2 amide bonds. The zero-order valence-electron chi connectivity index (χ0n) is 17.4. The standard InChI is InChI=1S/C22H24FN5O2S/c1-3-15-8-10-16(11-9-15)25-20(29)14-31-22-27-26-19(28(22)2)12-13-24-21(30)17-6-4-5-7-18(17)23/h4-11H,3,12-14H2,1-2H3,(H,24,30)(H,25,29). The van der Waals surface area contributed by atoms with Crippen LogP contribution in [0.1, 0.15) is 28.7 Å². The summed E-state index contributed by atoms with van der Waals surface area (Å²) in [6.07, 6.45) is 1.38. The second-order valence-electron chi connectivity index (χ2n) is 6.83. The van der Waals surface area contributed by atoms with Crippen molar-refractivity contribution in [3.05, 3.63) is 71.3 Å². The maximum atomic E-state index is 13.7. The van der Waals surface area contributed by atoms with Gasteiger partial charge in [0.1, 0.15) is 11.6 Å². The fourth-order valence-corrected chi connectivity index (χ4v) is 3.60. The third-order valence-electron chi connectivity index (χ3n) is 4.66. The molecule has 0 bridgehead atoms. The van der Waals surface area contributed by atoms with Crippen molar-refractivity contribution in [1.82, 2.24) is 20.1 Å². The first kappa shape index (κ1) is 22.5. The molecule has 162 valence electrons. The topological polar surface area (TPSA) is 88.9 Å². The van der Waals surface area contributed by atoms with E-state index in [-0.39, 0.29) is 23.8 Å². The number of nitrogens with zero attached hydrogens (tertiary/aromatic N) is 3. The van der Waals surface area contributed by atoms with Crippen molar-refractivity contribution in [1.29, 1.82) is 0 Å². The van der Waals surface area contributed by atoms with Crippen molar-refractivity contribution in [3.8, 4) is 0 Å². The monoisotopic (exact) mass is 441 g/mol. The molecule has 3 aromatic rings. The Hall–Kier alpha value is -3.20. The summed E-state index contributed by atoms with van der Waals surface area (Å²) in [6, 6.07) is 13.6. The van der Waals surface area contributed by atoms with E-state index in [0.29, 0.717) is 17.4 Å². The van der Waals surface area contributed by atoms with Gasteiger partial charge in [0.25, 0.3) is 5.91 Å². The predicted octanol–water partition coefficient (Wildman–Crippen LogP) is 3.22. The number of carbonyl (C=O) groups excluding carboxylic acids is 2. The van der Waals surface area contributed by atoms with Crippen molar-refractivity contribution in [2.75, 3.05) is 17.6 Å². The minimum atomic E-state index is -0.558. The van der Waals surface area contributed by atoms with Crippen molar-refractivity contribution in [3.63, 3.8) is 0 Å². The van der Waals surface area contributed by atoms with Crippen molar-refractivity contribution in [2.45, 2.75) is 24.9 Å². The Balaban J connectivity index is 1.46. The van der Waals surface area contributed by atoms with Crippen molar-refractivity contribution >= 4 is 29.3 Å². The third kappa shape index (κ3) is 6.14. The molecule has 7 nitrogen and oxygen atoms in total. The summed E-state index contributed by atoms with van der Waals surface area (Å²) in [4.78, 5) is 24.3. The van der Waals surface area contributed by atoms with Gasteiger partial charge in [-0.15, -0.1) is 10.2 Å². The van der Waals surface area contributed by atoms with Crippen LogP contribution in [-0.2, 0) is 24.7 Å². The highest BCUT2D eigenvalue weighted by Gasteiger charge is 2.13. The summed E-state index contributed by atoms with van der Waals surface area (Å²) >= 11 is 1.28. The molecule has 0 unspecified atom stereocenters. The molecular formula is C22H24FN5O2S.